The molecule has 0 aliphatic rings. The van der Waals surface area contributed by atoms with Gasteiger partial charge in [0.05, 0.1) is 17.9 Å². The molecule has 0 unspecified atom stereocenters. The molecule has 0 amide bonds. The van der Waals surface area contributed by atoms with Crippen LogP contribution in [0.15, 0.2) is 12.1 Å². The van der Waals surface area contributed by atoms with Crippen molar-refractivity contribution in [2.75, 3.05) is 12.3 Å². The lowest BCUT2D eigenvalue weighted by Crippen LogP contribution is -2.10. The van der Waals surface area contributed by atoms with Gasteiger partial charge in [0, 0.05) is 6.07 Å². The predicted octanol–water partition coefficient (Wildman–Crippen LogP) is 3.09. The van der Waals surface area contributed by atoms with Gasteiger partial charge in [0.1, 0.15) is 7.85 Å². The molecule has 2 radical (unpaired) electrons. The first-order valence-corrected chi connectivity index (χ1v) is 11.1. The van der Waals surface area contributed by atoms with Gasteiger partial charge in [0.15, 0.2) is 35.0 Å². The fourth-order valence-electron chi connectivity index (χ4n) is 2.30. The summed E-state index contributed by atoms with van der Waals surface area (Å²) in [5.41, 5.74) is 4.92. The first-order valence-electron chi connectivity index (χ1n) is 10.3. The lowest BCUT2D eigenvalue weighted by Gasteiger charge is -2.18. The van der Waals surface area contributed by atoms with Crippen molar-refractivity contribution in [2.24, 2.45) is 5.90 Å². The van der Waals surface area contributed by atoms with Crippen LogP contribution in [0.3, 0.4) is 0 Å². The molecule has 0 heterocycles. The molecular weight excluding hydrogens is 483 g/mol. The van der Waals surface area contributed by atoms with E-state index >= 15 is 0 Å². The minimum Gasteiger partial charge on any atom is -0.504 e. The number of phenolic OH excluding ortho intramolecular Hbond substituents is 4. The number of nitrogen functional groups attached to an aromatic ring is 1. The van der Waals surface area contributed by atoms with E-state index in [4.69, 9.17) is 33.1 Å². The molecular formula is C21H27BN2O10S. The Labute approximate surface area is 207 Å². The Bertz CT molecular complexity index is 1020. The molecule has 0 saturated heterocycles. The normalized spacial score (nSPS) is 10.1. The summed E-state index contributed by atoms with van der Waals surface area (Å²) in [4.78, 5) is 27.6. The van der Waals surface area contributed by atoms with Crippen molar-refractivity contribution in [1.29, 1.82) is 0 Å². The average Bonchev–Trinajstić information content (AvgIpc) is 2.83. The molecule has 14 heteroatoms. The number of carbonyl (C=O) groups is 2. The monoisotopic (exact) mass is 510 g/mol. The minimum atomic E-state index is -1.08. The van der Waals surface area contributed by atoms with Gasteiger partial charge in [0.2, 0.25) is 17.2 Å². The van der Waals surface area contributed by atoms with Crippen LogP contribution in [0.2, 0.25) is 0 Å². The number of esters is 1. The van der Waals surface area contributed by atoms with Crippen molar-refractivity contribution < 1.29 is 48.5 Å². The molecule has 0 saturated carbocycles. The Kier molecular flexibility index (Phi) is 11.7. The second kappa shape index (κ2) is 13.9. The van der Waals surface area contributed by atoms with E-state index < -0.39 is 51.2 Å². The summed E-state index contributed by atoms with van der Waals surface area (Å²) in [6.45, 7) is 6.32. The standard InChI is InChI=1S/C18H19BN2O10S.C3H8/c1-2-3-4-28-17(26)7-5-8(20)15(9(6-7)31-32-18(27)30-21)29-16-12(23)10(19)11(22)13(24)14(16)25;1-3-2/h5-6,22-25H,2-4,20-21H2,1H3;3H2,1-2H3. The number of ether oxygens (including phenoxy) is 2. The van der Waals surface area contributed by atoms with Gasteiger partial charge in [0.25, 0.3) is 0 Å². The molecule has 8 N–H and O–H groups in total. The molecule has 0 atom stereocenters. The van der Waals surface area contributed by atoms with E-state index in [1.807, 2.05) is 6.92 Å². The predicted molar refractivity (Wildman–Crippen MR) is 129 cm³/mol. The summed E-state index contributed by atoms with van der Waals surface area (Å²) < 4.78 is 15.6. The Balaban J connectivity index is 0.00000194. The number of aromatic hydroxyl groups is 4. The smallest absolute Gasteiger partial charge is 0.425 e. The Morgan fingerprint density at radius 3 is 2.20 bits per heavy atom. The molecule has 2 aromatic carbocycles. The number of anilines is 1. The van der Waals surface area contributed by atoms with Crippen LogP contribution in [0.25, 0.3) is 0 Å². The van der Waals surface area contributed by atoms with Gasteiger partial charge in [-0.3, -0.25) is 0 Å². The van der Waals surface area contributed by atoms with Crippen LogP contribution in [0.1, 0.15) is 50.4 Å². The zero-order chi connectivity index (χ0) is 26.7. The lowest BCUT2D eigenvalue weighted by atomic mass is 9.92. The van der Waals surface area contributed by atoms with Gasteiger partial charge >= 0.3 is 11.3 Å². The molecule has 2 aromatic rings. The molecule has 0 aliphatic carbocycles. The second-order valence-corrected chi connectivity index (χ2v) is 7.53. The molecule has 190 valence electrons. The topological polar surface area (TPSA) is 204 Å². The van der Waals surface area contributed by atoms with Gasteiger partial charge in [-0.1, -0.05) is 33.6 Å². The average molecular weight is 510 g/mol. The van der Waals surface area contributed by atoms with Crippen molar-refractivity contribution in [2.45, 2.75) is 40.0 Å². The summed E-state index contributed by atoms with van der Waals surface area (Å²) in [7, 11) is 5.47. The van der Waals surface area contributed by atoms with Crippen molar-refractivity contribution in [3.8, 4) is 40.2 Å². The first kappa shape index (κ1) is 29.4. The maximum Gasteiger partial charge on any atom is 0.425 e. The van der Waals surface area contributed by atoms with Gasteiger partial charge in [-0.15, -0.1) is 0 Å². The largest absolute Gasteiger partial charge is 0.504 e. The van der Waals surface area contributed by atoms with E-state index in [0.717, 1.165) is 18.6 Å². The van der Waals surface area contributed by atoms with Gasteiger partial charge in [-0.05, 0) is 17.9 Å². The summed E-state index contributed by atoms with van der Waals surface area (Å²) in [6.07, 6.45) is 2.68. The fourth-order valence-corrected chi connectivity index (χ4v) is 2.62. The highest BCUT2D eigenvalue weighted by Gasteiger charge is 2.26. The Morgan fingerprint density at radius 1 is 1.00 bits per heavy atom. The summed E-state index contributed by atoms with van der Waals surface area (Å²) >= 11 is 0.109. The molecule has 0 bridgehead atoms. The Hall–Kier alpha value is -3.65. The van der Waals surface area contributed by atoms with Crippen LogP contribution >= 0.6 is 12.0 Å². The van der Waals surface area contributed by atoms with Crippen LogP contribution in [0.5, 0.6) is 40.2 Å². The highest BCUT2D eigenvalue weighted by atomic mass is 32.2. The molecule has 0 fully saturated rings. The molecule has 0 aromatic heterocycles. The summed E-state index contributed by atoms with van der Waals surface area (Å²) in [5.74, 6) is -1.59. The van der Waals surface area contributed by atoms with Crippen LogP contribution in [-0.2, 0) is 9.57 Å². The third kappa shape index (κ3) is 7.68. The number of hydrogen-bond acceptors (Lipinski definition) is 13. The number of rotatable bonds is 8. The van der Waals surface area contributed by atoms with Gasteiger partial charge in [-0.2, -0.15) is 5.90 Å². The molecule has 0 aliphatic heterocycles. The highest BCUT2D eigenvalue weighted by Crippen LogP contribution is 2.50. The van der Waals surface area contributed by atoms with Crippen LogP contribution < -0.4 is 26.0 Å². The molecule has 0 spiro atoms. The number of carbonyl (C=O) groups excluding carboxylic acids is 2. The van der Waals surface area contributed by atoms with E-state index in [1.165, 1.54) is 6.42 Å². The number of phenols is 4. The minimum absolute atomic E-state index is 0.0656. The highest BCUT2D eigenvalue weighted by molar-refractivity contribution is 8.09. The maximum absolute atomic E-state index is 12.3. The van der Waals surface area contributed by atoms with Crippen molar-refractivity contribution in [1.82, 2.24) is 0 Å². The van der Waals surface area contributed by atoms with E-state index in [-0.39, 0.29) is 35.6 Å². The zero-order valence-electron chi connectivity index (χ0n) is 19.4. The quantitative estimate of drug-likeness (QED) is 0.0442. The lowest BCUT2D eigenvalue weighted by molar-refractivity contribution is 0.0499. The summed E-state index contributed by atoms with van der Waals surface area (Å²) in [6, 6.07) is 2.26. The van der Waals surface area contributed by atoms with E-state index in [0.29, 0.717) is 6.42 Å². The number of nitrogens with two attached hydrogens (primary N) is 2. The van der Waals surface area contributed by atoms with E-state index in [9.17, 15) is 30.0 Å². The summed E-state index contributed by atoms with van der Waals surface area (Å²) in [5, 5.41) is 38.5. The number of hydrogen-bond donors (Lipinski definition) is 6. The molecule has 12 nitrogen and oxygen atoms in total. The van der Waals surface area contributed by atoms with Gasteiger partial charge < -0.3 is 44.7 Å². The second-order valence-electron chi connectivity index (χ2n) is 6.86. The van der Waals surface area contributed by atoms with Crippen LogP contribution in [-0.4, -0.2) is 46.1 Å². The third-order valence-electron chi connectivity index (χ3n) is 3.94. The van der Waals surface area contributed by atoms with Crippen molar-refractivity contribution in [3.05, 3.63) is 17.7 Å². The molecule has 35 heavy (non-hydrogen) atoms. The number of unbranched alkanes of at least 4 members (excludes halogenated alkanes) is 1. The van der Waals surface area contributed by atoms with Crippen LogP contribution in [0.4, 0.5) is 10.5 Å². The number of benzene rings is 2. The Morgan fingerprint density at radius 2 is 1.63 bits per heavy atom. The maximum atomic E-state index is 12.3. The third-order valence-corrected chi connectivity index (χ3v) is 4.43. The SMILES string of the molecule is CCC.[B]c1c(O)c(O)c(O)c(Oc2c(N)cc(C(=O)OCCCC)cc2OSC(=O)ON)c1O. The molecule has 2 rings (SSSR count). The van der Waals surface area contributed by atoms with Gasteiger partial charge in [-0.25, -0.2) is 9.59 Å². The fraction of sp³-hybridized carbons (Fsp3) is 0.333. The van der Waals surface area contributed by atoms with E-state index in [1.54, 1.807) is 0 Å². The zero-order valence-corrected chi connectivity index (χ0v) is 20.2. The first-order chi connectivity index (χ1) is 16.5. The van der Waals surface area contributed by atoms with Crippen LogP contribution in [0, 0.1) is 0 Å². The van der Waals surface area contributed by atoms with Crippen molar-refractivity contribution in [3.63, 3.8) is 0 Å². The van der Waals surface area contributed by atoms with E-state index in [2.05, 4.69) is 18.7 Å². The van der Waals surface area contributed by atoms with Crippen molar-refractivity contribution >= 4 is 42.3 Å².